The molecule has 106 valence electrons. The molecule has 0 bridgehead atoms. The van der Waals surface area contributed by atoms with Crippen molar-refractivity contribution in [2.24, 2.45) is 24.6 Å². The first-order valence-corrected chi connectivity index (χ1v) is 6.29. The van der Waals surface area contributed by atoms with Crippen LogP contribution in [0, 0.1) is 11.8 Å². The van der Waals surface area contributed by atoms with Crippen molar-refractivity contribution in [3.8, 4) is 0 Å². The lowest BCUT2D eigenvalue weighted by Crippen LogP contribution is -2.30. The molecular formula is C13H20ClN3O2. The van der Waals surface area contributed by atoms with E-state index in [4.69, 9.17) is 5.73 Å². The molecule has 0 spiro atoms. The van der Waals surface area contributed by atoms with Crippen molar-refractivity contribution in [2.45, 2.75) is 19.3 Å². The number of pyridine rings is 1. The number of hydrogen-bond acceptors (Lipinski definition) is 3. The molecule has 0 aliphatic heterocycles. The van der Waals surface area contributed by atoms with Crippen LogP contribution in [0.25, 0.3) is 0 Å². The molecule has 0 unspecified atom stereocenters. The highest BCUT2D eigenvalue weighted by molar-refractivity contribution is 5.92. The fraction of sp³-hybridized carbons (Fsp3) is 0.538. The van der Waals surface area contributed by atoms with Crippen LogP contribution >= 0.6 is 12.4 Å². The molecule has 1 aliphatic carbocycles. The molecule has 1 aromatic heterocycles. The number of anilines is 1. The number of halogens is 1. The topological polar surface area (TPSA) is 77.1 Å². The normalized spacial score (nSPS) is 21.8. The van der Waals surface area contributed by atoms with E-state index >= 15 is 0 Å². The van der Waals surface area contributed by atoms with Gasteiger partial charge in [0.1, 0.15) is 0 Å². The standard InChI is InChI=1S/C13H19N3O2.ClH/c1-16-8-10(5-6-12(16)17)15-13(18)11-4-2-3-9(11)7-14;/h5-6,8-9,11H,2-4,7,14H2,1H3,(H,15,18);1H/t9-,11-;/m1./s1. The minimum absolute atomic E-state index is 0. The van der Waals surface area contributed by atoms with E-state index in [1.807, 2.05) is 0 Å². The van der Waals surface area contributed by atoms with Crippen LogP contribution in [0.2, 0.25) is 0 Å². The van der Waals surface area contributed by atoms with E-state index in [1.165, 1.54) is 10.6 Å². The third kappa shape index (κ3) is 3.58. The fourth-order valence-corrected chi connectivity index (χ4v) is 2.57. The van der Waals surface area contributed by atoms with Crippen LogP contribution in [0.5, 0.6) is 0 Å². The van der Waals surface area contributed by atoms with Crippen LogP contribution in [-0.4, -0.2) is 17.0 Å². The Morgan fingerprint density at radius 3 is 2.84 bits per heavy atom. The summed E-state index contributed by atoms with van der Waals surface area (Å²) in [6.07, 6.45) is 4.63. The Morgan fingerprint density at radius 2 is 2.21 bits per heavy atom. The summed E-state index contributed by atoms with van der Waals surface area (Å²) in [5.74, 6) is 0.311. The van der Waals surface area contributed by atoms with E-state index in [0.29, 0.717) is 12.2 Å². The van der Waals surface area contributed by atoms with Gasteiger partial charge in [-0.05, 0) is 31.4 Å². The minimum atomic E-state index is -0.0892. The zero-order valence-electron chi connectivity index (χ0n) is 11.0. The van der Waals surface area contributed by atoms with E-state index in [-0.39, 0.29) is 35.7 Å². The molecule has 1 saturated carbocycles. The van der Waals surface area contributed by atoms with E-state index in [1.54, 1.807) is 19.3 Å². The molecule has 3 N–H and O–H groups in total. The van der Waals surface area contributed by atoms with Gasteiger partial charge >= 0.3 is 0 Å². The Bertz CT molecular complexity index is 501. The van der Waals surface area contributed by atoms with E-state index in [9.17, 15) is 9.59 Å². The largest absolute Gasteiger partial charge is 0.330 e. The van der Waals surface area contributed by atoms with Crippen LogP contribution in [0.4, 0.5) is 5.69 Å². The summed E-state index contributed by atoms with van der Waals surface area (Å²) in [6, 6.07) is 3.08. The lowest BCUT2D eigenvalue weighted by Gasteiger charge is -2.17. The Balaban J connectivity index is 0.00000180. The van der Waals surface area contributed by atoms with Crippen LogP contribution in [0.3, 0.4) is 0 Å². The molecule has 1 aliphatic rings. The summed E-state index contributed by atoms with van der Waals surface area (Å²) < 4.78 is 1.45. The lowest BCUT2D eigenvalue weighted by atomic mass is 9.95. The quantitative estimate of drug-likeness (QED) is 0.874. The number of nitrogens with two attached hydrogens (primary N) is 1. The predicted molar refractivity (Wildman–Crippen MR) is 77.4 cm³/mol. The molecule has 0 radical (unpaired) electrons. The molecule has 5 nitrogen and oxygen atoms in total. The molecular weight excluding hydrogens is 266 g/mol. The summed E-state index contributed by atoms with van der Waals surface area (Å²) in [5.41, 5.74) is 6.24. The van der Waals surface area contributed by atoms with Gasteiger partial charge in [-0.3, -0.25) is 9.59 Å². The summed E-state index contributed by atoms with van der Waals surface area (Å²) >= 11 is 0. The second kappa shape index (κ2) is 6.73. The van der Waals surface area contributed by atoms with Gasteiger partial charge in [0.15, 0.2) is 0 Å². The fourth-order valence-electron chi connectivity index (χ4n) is 2.57. The Morgan fingerprint density at radius 1 is 1.47 bits per heavy atom. The number of nitrogens with zero attached hydrogens (tertiary/aromatic N) is 1. The van der Waals surface area contributed by atoms with Crippen LogP contribution in [-0.2, 0) is 11.8 Å². The van der Waals surface area contributed by atoms with Crippen molar-refractivity contribution < 1.29 is 4.79 Å². The van der Waals surface area contributed by atoms with Gasteiger partial charge in [0.05, 0.1) is 5.69 Å². The number of nitrogens with one attached hydrogen (secondary N) is 1. The van der Waals surface area contributed by atoms with E-state index in [0.717, 1.165) is 19.3 Å². The highest BCUT2D eigenvalue weighted by Crippen LogP contribution is 2.31. The summed E-state index contributed by atoms with van der Waals surface area (Å²) in [6.45, 7) is 0.561. The van der Waals surface area contributed by atoms with Gasteiger partial charge in [-0.15, -0.1) is 12.4 Å². The smallest absolute Gasteiger partial charge is 0.250 e. The number of carbonyl (C=O) groups is 1. The molecule has 2 atom stereocenters. The van der Waals surface area contributed by atoms with Crippen LogP contribution in [0.15, 0.2) is 23.1 Å². The summed E-state index contributed by atoms with van der Waals surface area (Å²) in [5, 5.41) is 2.86. The second-order valence-electron chi connectivity index (χ2n) is 4.89. The predicted octanol–water partition coefficient (Wildman–Crippen LogP) is 1.12. The van der Waals surface area contributed by atoms with Crippen molar-refractivity contribution in [3.05, 3.63) is 28.7 Å². The van der Waals surface area contributed by atoms with Crippen molar-refractivity contribution in [2.75, 3.05) is 11.9 Å². The SMILES string of the molecule is Cl.Cn1cc(NC(=O)[C@@H]2CCC[C@@H]2CN)ccc1=O. The van der Waals surface area contributed by atoms with Crippen molar-refractivity contribution >= 4 is 24.0 Å². The third-order valence-corrected chi connectivity index (χ3v) is 3.65. The zero-order chi connectivity index (χ0) is 13.1. The van der Waals surface area contributed by atoms with Gasteiger partial charge in [0.25, 0.3) is 0 Å². The number of aryl methyl sites for hydroxylation is 1. The number of aromatic nitrogens is 1. The summed E-state index contributed by atoms with van der Waals surface area (Å²) in [7, 11) is 1.66. The van der Waals surface area contributed by atoms with Crippen LogP contribution < -0.4 is 16.6 Å². The molecule has 19 heavy (non-hydrogen) atoms. The van der Waals surface area contributed by atoms with Gasteiger partial charge in [0.2, 0.25) is 11.5 Å². The molecule has 0 aromatic carbocycles. The second-order valence-corrected chi connectivity index (χ2v) is 4.89. The minimum Gasteiger partial charge on any atom is -0.330 e. The molecule has 1 aromatic rings. The first-order chi connectivity index (χ1) is 8.61. The number of hydrogen-bond donors (Lipinski definition) is 2. The maximum absolute atomic E-state index is 12.1. The van der Waals surface area contributed by atoms with Gasteiger partial charge in [-0.1, -0.05) is 6.42 Å². The Labute approximate surface area is 118 Å². The van der Waals surface area contributed by atoms with Gasteiger partial charge in [0, 0.05) is 25.2 Å². The van der Waals surface area contributed by atoms with E-state index in [2.05, 4.69) is 5.32 Å². The maximum Gasteiger partial charge on any atom is 0.250 e. The maximum atomic E-state index is 12.1. The number of carbonyl (C=O) groups excluding carboxylic acids is 1. The Hall–Kier alpha value is -1.33. The van der Waals surface area contributed by atoms with Crippen molar-refractivity contribution in [1.82, 2.24) is 4.57 Å². The number of rotatable bonds is 3. The average molecular weight is 286 g/mol. The molecule has 0 saturated heterocycles. The summed E-state index contributed by atoms with van der Waals surface area (Å²) in [4.78, 5) is 23.4. The van der Waals surface area contributed by atoms with Crippen molar-refractivity contribution in [3.63, 3.8) is 0 Å². The monoisotopic (exact) mass is 285 g/mol. The Kier molecular flexibility index (Phi) is 5.57. The first-order valence-electron chi connectivity index (χ1n) is 6.29. The molecule has 6 heteroatoms. The molecule has 1 amide bonds. The zero-order valence-corrected chi connectivity index (χ0v) is 11.8. The molecule has 1 heterocycles. The van der Waals surface area contributed by atoms with Crippen LogP contribution in [0.1, 0.15) is 19.3 Å². The number of amides is 1. The van der Waals surface area contributed by atoms with Gasteiger partial charge < -0.3 is 15.6 Å². The highest BCUT2D eigenvalue weighted by atomic mass is 35.5. The molecule has 2 rings (SSSR count). The first kappa shape index (κ1) is 15.7. The molecule has 1 fully saturated rings. The van der Waals surface area contributed by atoms with Gasteiger partial charge in [-0.25, -0.2) is 0 Å². The lowest BCUT2D eigenvalue weighted by molar-refractivity contribution is -0.120. The average Bonchev–Trinajstić information content (AvgIpc) is 2.82. The third-order valence-electron chi connectivity index (χ3n) is 3.65. The van der Waals surface area contributed by atoms with E-state index < -0.39 is 0 Å². The highest BCUT2D eigenvalue weighted by Gasteiger charge is 2.31. The van der Waals surface area contributed by atoms with Crippen molar-refractivity contribution in [1.29, 1.82) is 0 Å². The van der Waals surface area contributed by atoms with Gasteiger partial charge in [-0.2, -0.15) is 0 Å².